The Bertz CT molecular complexity index is 479. The second-order valence-corrected chi connectivity index (χ2v) is 5.09. The molecule has 1 aromatic carbocycles. The first kappa shape index (κ1) is 12.8. The van der Waals surface area contributed by atoms with Gasteiger partial charge in [-0.3, -0.25) is 9.59 Å². The Balaban J connectivity index is 2.01. The molecule has 0 saturated heterocycles. The molecule has 0 unspecified atom stereocenters. The number of hydrogen-bond acceptors (Lipinski definition) is 2. The van der Waals surface area contributed by atoms with Crippen molar-refractivity contribution in [2.75, 3.05) is 7.05 Å². The summed E-state index contributed by atoms with van der Waals surface area (Å²) in [5, 5.41) is 0. The maximum Gasteiger partial charge on any atom is 0.230 e. The molecule has 0 heterocycles. The zero-order chi connectivity index (χ0) is 13.1. The van der Waals surface area contributed by atoms with Gasteiger partial charge in [0, 0.05) is 13.6 Å². The Hall–Kier alpha value is -1.64. The van der Waals surface area contributed by atoms with E-state index >= 15 is 0 Å². The minimum absolute atomic E-state index is 0.00143. The number of carbonyl (C=O) groups is 2. The van der Waals surface area contributed by atoms with Gasteiger partial charge >= 0.3 is 0 Å². The number of fused-ring (bicyclic) bond motifs is 1. The number of aryl methyl sites for hydroxylation is 2. The molecule has 3 nitrogen and oxygen atoms in total. The van der Waals surface area contributed by atoms with Crippen LogP contribution >= 0.6 is 0 Å². The van der Waals surface area contributed by atoms with Crippen molar-refractivity contribution < 1.29 is 9.59 Å². The second-order valence-electron chi connectivity index (χ2n) is 5.09. The van der Waals surface area contributed by atoms with Crippen molar-refractivity contribution in [2.24, 2.45) is 0 Å². The van der Waals surface area contributed by atoms with Crippen LogP contribution in [0.4, 0.5) is 0 Å². The number of nitrogens with zero attached hydrogens (tertiary/aromatic N) is 1. The van der Waals surface area contributed by atoms with Crippen molar-refractivity contribution >= 4 is 11.7 Å². The highest BCUT2D eigenvalue weighted by Crippen LogP contribution is 2.23. The average molecular weight is 245 g/mol. The standard InChI is InChI=1S/C15H19NO2/c1-11(17)8-15(18)16(2)10-12-6-7-13-4-3-5-14(13)9-12/h6-7,9H,3-5,8,10H2,1-2H3. The second kappa shape index (κ2) is 5.34. The highest BCUT2D eigenvalue weighted by molar-refractivity contribution is 5.96. The van der Waals surface area contributed by atoms with Crippen molar-refractivity contribution in [3.05, 3.63) is 34.9 Å². The number of Topliss-reactive ketones (excluding diaryl/α,β-unsaturated/α-hetero) is 1. The van der Waals surface area contributed by atoms with Crippen LogP contribution in [0.3, 0.4) is 0 Å². The number of carbonyl (C=O) groups excluding carboxylic acids is 2. The number of ketones is 1. The van der Waals surface area contributed by atoms with Crippen LogP contribution in [-0.2, 0) is 29.0 Å². The van der Waals surface area contributed by atoms with Gasteiger partial charge in [0.15, 0.2) is 0 Å². The lowest BCUT2D eigenvalue weighted by Gasteiger charge is -2.17. The summed E-state index contributed by atoms with van der Waals surface area (Å²) in [5.74, 6) is -0.191. The van der Waals surface area contributed by atoms with Gasteiger partial charge in [-0.05, 0) is 42.9 Å². The summed E-state index contributed by atoms with van der Waals surface area (Å²) in [4.78, 5) is 24.2. The Morgan fingerprint density at radius 3 is 2.67 bits per heavy atom. The summed E-state index contributed by atoms with van der Waals surface area (Å²) in [7, 11) is 1.75. The van der Waals surface area contributed by atoms with E-state index in [2.05, 4.69) is 18.2 Å². The first-order valence-corrected chi connectivity index (χ1v) is 6.40. The van der Waals surface area contributed by atoms with E-state index in [9.17, 15) is 9.59 Å². The summed E-state index contributed by atoms with van der Waals surface area (Å²) < 4.78 is 0. The fraction of sp³-hybridized carbons (Fsp3) is 0.467. The normalized spacial score (nSPS) is 13.2. The van der Waals surface area contributed by atoms with Crippen LogP contribution in [0.1, 0.15) is 36.5 Å². The SMILES string of the molecule is CC(=O)CC(=O)N(C)Cc1ccc2c(c1)CCC2. The molecule has 2 rings (SSSR count). The van der Waals surface area contributed by atoms with E-state index in [1.807, 2.05) is 0 Å². The fourth-order valence-electron chi connectivity index (χ4n) is 2.43. The van der Waals surface area contributed by atoms with Gasteiger partial charge in [0.05, 0.1) is 6.42 Å². The number of hydrogen-bond donors (Lipinski definition) is 0. The Morgan fingerprint density at radius 2 is 1.94 bits per heavy atom. The molecule has 0 saturated carbocycles. The number of benzene rings is 1. The maximum absolute atomic E-state index is 11.7. The van der Waals surface area contributed by atoms with Crippen LogP contribution in [-0.4, -0.2) is 23.6 Å². The number of amides is 1. The highest BCUT2D eigenvalue weighted by Gasteiger charge is 2.14. The predicted octanol–water partition coefficient (Wildman–Crippen LogP) is 2.11. The van der Waals surface area contributed by atoms with E-state index in [1.165, 1.54) is 30.9 Å². The van der Waals surface area contributed by atoms with Gasteiger partial charge in [0.2, 0.25) is 5.91 Å². The van der Waals surface area contributed by atoms with Gasteiger partial charge < -0.3 is 4.90 Å². The van der Waals surface area contributed by atoms with Gasteiger partial charge in [-0.2, -0.15) is 0 Å². The zero-order valence-electron chi connectivity index (χ0n) is 11.0. The van der Waals surface area contributed by atoms with E-state index in [4.69, 9.17) is 0 Å². The highest BCUT2D eigenvalue weighted by atomic mass is 16.2. The predicted molar refractivity (Wildman–Crippen MR) is 70.2 cm³/mol. The van der Waals surface area contributed by atoms with Gasteiger partial charge in [0.25, 0.3) is 0 Å². The van der Waals surface area contributed by atoms with Crippen LogP contribution in [0.25, 0.3) is 0 Å². The smallest absolute Gasteiger partial charge is 0.230 e. The molecule has 0 radical (unpaired) electrons. The third-order valence-corrected chi connectivity index (χ3v) is 3.41. The van der Waals surface area contributed by atoms with E-state index in [1.54, 1.807) is 11.9 Å². The summed E-state index contributed by atoms with van der Waals surface area (Å²) in [5.41, 5.74) is 4.01. The molecule has 3 heteroatoms. The molecule has 0 fully saturated rings. The fourth-order valence-corrected chi connectivity index (χ4v) is 2.43. The third kappa shape index (κ3) is 2.97. The minimum atomic E-state index is -0.108. The molecule has 1 aromatic rings. The Morgan fingerprint density at radius 1 is 1.22 bits per heavy atom. The molecule has 0 aromatic heterocycles. The lowest BCUT2D eigenvalue weighted by atomic mass is 10.1. The molecular weight excluding hydrogens is 226 g/mol. The molecule has 1 aliphatic carbocycles. The first-order valence-electron chi connectivity index (χ1n) is 6.40. The molecular formula is C15H19NO2. The van der Waals surface area contributed by atoms with E-state index in [-0.39, 0.29) is 18.1 Å². The summed E-state index contributed by atoms with van der Waals surface area (Å²) in [6.07, 6.45) is 3.56. The van der Waals surface area contributed by atoms with Crippen LogP contribution < -0.4 is 0 Å². The quantitative estimate of drug-likeness (QED) is 0.762. The van der Waals surface area contributed by atoms with Crippen LogP contribution in [0.15, 0.2) is 18.2 Å². The summed E-state index contributed by atoms with van der Waals surface area (Å²) >= 11 is 0. The third-order valence-electron chi connectivity index (χ3n) is 3.41. The zero-order valence-corrected chi connectivity index (χ0v) is 11.0. The number of rotatable bonds is 4. The molecule has 0 aliphatic heterocycles. The first-order chi connectivity index (χ1) is 8.56. The molecule has 0 atom stereocenters. The lowest BCUT2D eigenvalue weighted by Crippen LogP contribution is -2.27. The largest absolute Gasteiger partial charge is 0.341 e. The van der Waals surface area contributed by atoms with Crippen molar-refractivity contribution in [3.63, 3.8) is 0 Å². The minimum Gasteiger partial charge on any atom is -0.341 e. The molecule has 0 bridgehead atoms. The van der Waals surface area contributed by atoms with Crippen molar-refractivity contribution in [1.29, 1.82) is 0 Å². The molecule has 1 amide bonds. The topological polar surface area (TPSA) is 37.4 Å². The molecule has 18 heavy (non-hydrogen) atoms. The van der Waals surface area contributed by atoms with Crippen molar-refractivity contribution in [3.8, 4) is 0 Å². The van der Waals surface area contributed by atoms with Crippen LogP contribution in [0, 0.1) is 0 Å². The van der Waals surface area contributed by atoms with E-state index < -0.39 is 0 Å². The molecule has 1 aliphatic rings. The monoisotopic (exact) mass is 245 g/mol. The Kier molecular flexibility index (Phi) is 3.80. The van der Waals surface area contributed by atoms with Gasteiger partial charge in [-0.1, -0.05) is 18.2 Å². The van der Waals surface area contributed by atoms with Crippen molar-refractivity contribution in [2.45, 2.75) is 39.2 Å². The van der Waals surface area contributed by atoms with Gasteiger partial charge in [-0.25, -0.2) is 0 Å². The lowest BCUT2D eigenvalue weighted by molar-refractivity contribution is -0.134. The van der Waals surface area contributed by atoms with Gasteiger partial charge in [-0.15, -0.1) is 0 Å². The van der Waals surface area contributed by atoms with E-state index in [0.29, 0.717) is 6.54 Å². The van der Waals surface area contributed by atoms with Gasteiger partial charge in [0.1, 0.15) is 5.78 Å². The average Bonchev–Trinajstić information content (AvgIpc) is 2.75. The van der Waals surface area contributed by atoms with Crippen molar-refractivity contribution in [1.82, 2.24) is 4.90 Å². The summed E-state index contributed by atoms with van der Waals surface area (Å²) in [6, 6.07) is 6.45. The molecule has 0 spiro atoms. The van der Waals surface area contributed by atoms with Crippen LogP contribution in [0.2, 0.25) is 0 Å². The summed E-state index contributed by atoms with van der Waals surface area (Å²) in [6.45, 7) is 2.03. The molecule has 0 N–H and O–H groups in total. The van der Waals surface area contributed by atoms with E-state index in [0.717, 1.165) is 12.0 Å². The molecule has 96 valence electrons. The van der Waals surface area contributed by atoms with Crippen LogP contribution in [0.5, 0.6) is 0 Å². The Labute approximate surface area is 108 Å². The maximum atomic E-state index is 11.7.